The standard InChI is InChI=1S/C20H20N2O3/c21-15-17-8-4-10-18(14-17)22-19(23)11-12-20(24)25-13-5-9-16-6-2-1-3-7-16/h1-4,6-8,10,14H,5,9,11-13H2,(H,22,23). The highest BCUT2D eigenvalue weighted by molar-refractivity contribution is 5.92. The predicted molar refractivity (Wildman–Crippen MR) is 94.7 cm³/mol. The largest absolute Gasteiger partial charge is 0.466 e. The SMILES string of the molecule is N#Cc1cccc(NC(=O)CCC(=O)OCCCc2ccccc2)c1. The molecule has 0 aliphatic heterocycles. The topological polar surface area (TPSA) is 79.2 Å². The Labute approximate surface area is 147 Å². The van der Waals surface area contributed by atoms with Gasteiger partial charge in [-0.05, 0) is 36.6 Å². The summed E-state index contributed by atoms with van der Waals surface area (Å²) in [6.45, 7) is 0.347. The molecule has 0 fully saturated rings. The van der Waals surface area contributed by atoms with Gasteiger partial charge < -0.3 is 10.1 Å². The first-order valence-corrected chi connectivity index (χ1v) is 8.17. The first kappa shape index (κ1) is 18.2. The highest BCUT2D eigenvalue weighted by Gasteiger charge is 2.08. The van der Waals surface area contributed by atoms with E-state index in [9.17, 15) is 9.59 Å². The van der Waals surface area contributed by atoms with E-state index in [-0.39, 0.29) is 24.7 Å². The summed E-state index contributed by atoms with van der Waals surface area (Å²) in [5.41, 5.74) is 2.22. The minimum atomic E-state index is -0.381. The Morgan fingerprint density at radius 3 is 2.60 bits per heavy atom. The van der Waals surface area contributed by atoms with Gasteiger partial charge in [-0.1, -0.05) is 36.4 Å². The van der Waals surface area contributed by atoms with Gasteiger partial charge in [0, 0.05) is 12.1 Å². The lowest BCUT2D eigenvalue weighted by Crippen LogP contribution is -2.15. The lowest BCUT2D eigenvalue weighted by molar-refractivity contribution is -0.144. The fourth-order valence-electron chi connectivity index (χ4n) is 2.28. The molecule has 5 nitrogen and oxygen atoms in total. The number of esters is 1. The number of amides is 1. The van der Waals surface area contributed by atoms with Crippen molar-refractivity contribution in [2.24, 2.45) is 0 Å². The summed E-state index contributed by atoms with van der Waals surface area (Å²) in [6, 6.07) is 18.6. The van der Waals surface area contributed by atoms with Gasteiger partial charge in [0.05, 0.1) is 24.7 Å². The van der Waals surface area contributed by atoms with E-state index in [2.05, 4.69) is 5.32 Å². The molecule has 1 N–H and O–H groups in total. The van der Waals surface area contributed by atoms with E-state index < -0.39 is 0 Å². The molecule has 0 aliphatic rings. The van der Waals surface area contributed by atoms with Crippen LogP contribution in [0.1, 0.15) is 30.4 Å². The van der Waals surface area contributed by atoms with Crippen molar-refractivity contribution in [3.63, 3.8) is 0 Å². The van der Waals surface area contributed by atoms with Crippen molar-refractivity contribution >= 4 is 17.6 Å². The van der Waals surface area contributed by atoms with Crippen molar-refractivity contribution in [2.75, 3.05) is 11.9 Å². The van der Waals surface area contributed by atoms with Gasteiger partial charge in [-0.3, -0.25) is 9.59 Å². The van der Waals surface area contributed by atoms with Crippen LogP contribution in [-0.2, 0) is 20.7 Å². The molecule has 2 rings (SSSR count). The summed E-state index contributed by atoms with van der Waals surface area (Å²) >= 11 is 0. The van der Waals surface area contributed by atoms with Gasteiger partial charge in [0.1, 0.15) is 0 Å². The van der Waals surface area contributed by atoms with Crippen LogP contribution in [0.25, 0.3) is 0 Å². The van der Waals surface area contributed by atoms with E-state index in [1.807, 2.05) is 36.4 Å². The van der Waals surface area contributed by atoms with E-state index in [1.54, 1.807) is 24.3 Å². The molecule has 0 radical (unpaired) electrons. The van der Waals surface area contributed by atoms with Crippen LogP contribution in [0.4, 0.5) is 5.69 Å². The number of aryl methyl sites for hydroxylation is 1. The van der Waals surface area contributed by atoms with E-state index in [0.717, 1.165) is 12.8 Å². The molecule has 0 saturated carbocycles. The minimum Gasteiger partial charge on any atom is -0.466 e. The first-order valence-electron chi connectivity index (χ1n) is 8.17. The fraction of sp³-hybridized carbons (Fsp3) is 0.250. The Balaban J connectivity index is 1.62. The molecule has 128 valence electrons. The molecule has 25 heavy (non-hydrogen) atoms. The molecule has 1 amide bonds. The molecule has 2 aromatic rings. The molecule has 2 aromatic carbocycles. The van der Waals surface area contributed by atoms with Crippen LogP contribution < -0.4 is 5.32 Å². The third kappa shape index (κ3) is 6.88. The van der Waals surface area contributed by atoms with Crippen LogP contribution in [0, 0.1) is 11.3 Å². The maximum atomic E-state index is 11.8. The second-order valence-corrected chi connectivity index (χ2v) is 5.55. The van der Waals surface area contributed by atoms with Crippen LogP contribution in [0.15, 0.2) is 54.6 Å². The van der Waals surface area contributed by atoms with Gasteiger partial charge in [-0.25, -0.2) is 0 Å². The van der Waals surface area contributed by atoms with E-state index in [0.29, 0.717) is 17.9 Å². The number of nitrogens with one attached hydrogen (secondary N) is 1. The van der Waals surface area contributed by atoms with Gasteiger partial charge in [0.15, 0.2) is 0 Å². The smallest absolute Gasteiger partial charge is 0.306 e. The summed E-state index contributed by atoms with van der Waals surface area (Å²) < 4.78 is 5.14. The Morgan fingerprint density at radius 2 is 1.84 bits per heavy atom. The number of hydrogen-bond donors (Lipinski definition) is 1. The van der Waals surface area contributed by atoms with Crippen LogP contribution >= 0.6 is 0 Å². The van der Waals surface area contributed by atoms with Crippen molar-refractivity contribution in [3.05, 3.63) is 65.7 Å². The maximum absolute atomic E-state index is 11.8. The summed E-state index contributed by atoms with van der Waals surface area (Å²) in [7, 11) is 0. The number of carbonyl (C=O) groups is 2. The fourth-order valence-corrected chi connectivity index (χ4v) is 2.28. The van der Waals surface area contributed by atoms with Crippen molar-refractivity contribution < 1.29 is 14.3 Å². The van der Waals surface area contributed by atoms with Gasteiger partial charge in [-0.2, -0.15) is 5.26 Å². The van der Waals surface area contributed by atoms with E-state index in [4.69, 9.17) is 10.00 Å². The lowest BCUT2D eigenvalue weighted by Gasteiger charge is -2.06. The molecule has 0 spiro atoms. The third-order valence-electron chi connectivity index (χ3n) is 3.55. The minimum absolute atomic E-state index is 0.0368. The maximum Gasteiger partial charge on any atom is 0.306 e. The number of benzene rings is 2. The molecule has 0 heterocycles. The number of ether oxygens (including phenoxy) is 1. The molecule has 0 bridgehead atoms. The Kier molecular flexibility index (Phi) is 7.20. The average molecular weight is 336 g/mol. The van der Waals surface area contributed by atoms with Gasteiger partial charge in [-0.15, -0.1) is 0 Å². The molecule has 5 heteroatoms. The zero-order valence-corrected chi connectivity index (χ0v) is 13.9. The lowest BCUT2D eigenvalue weighted by atomic mass is 10.1. The normalized spacial score (nSPS) is 9.88. The Bertz CT molecular complexity index is 751. The monoisotopic (exact) mass is 336 g/mol. The second-order valence-electron chi connectivity index (χ2n) is 5.55. The predicted octanol–water partition coefficient (Wildman–Crippen LogP) is 3.45. The molecule has 0 saturated heterocycles. The van der Waals surface area contributed by atoms with E-state index in [1.165, 1.54) is 5.56 Å². The molecule has 0 unspecified atom stereocenters. The highest BCUT2D eigenvalue weighted by atomic mass is 16.5. The number of hydrogen-bond acceptors (Lipinski definition) is 4. The highest BCUT2D eigenvalue weighted by Crippen LogP contribution is 2.10. The number of rotatable bonds is 8. The zero-order valence-electron chi connectivity index (χ0n) is 13.9. The number of nitriles is 1. The van der Waals surface area contributed by atoms with Gasteiger partial charge in [0.2, 0.25) is 5.91 Å². The quantitative estimate of drug-likeness (QED) is 0.591. The van der Waals surface area contributed by atoms with Crippen LogP contribution in [0.2, 0.25) is 0 Å². The summed E-state index contributed by atoms with van der Waals surface area (Å²) in [5.74, 6) is -0.662. The van der Waals surface area contributed by atoms with Crippen LogP contribution in [0.5, 0.6) is 0 Å². The van der Waals surface area contributed by atoms with Crippen molar-refractivity contribution in [3.8, 4) is 6.07 Å². The zero-order chi connectivity index (χ0) is 17.9. The Hall–Kier alpha value is -3.13. The molecule has 0 aliphatic carbocycles. The summed E-state index contributed by atoms with van der Waals surface area (Å²) in [6.07, 6.45) is 1.69. The summed E-state index contributed by atoms with van der Waals surface area (Å²) in [5, 5.41) is 11.5. The van der Waals surface area contributed by atoms with Gasteiger partial charge >= 0.3 is 5.97 Å². The number of carbonyl (C=O) groups excluding carboxylic acids is 2. The van der Waals surface area contributed by atoms with Crippen molar-refractivity contribution in [1.82, 2.24) is 0 Å². The Morgan fingerprint density at radius 1 is 1.04 bits per heavy atom. The third-order valence-corrected chi connectivity index (χ3v) is 3.55. The van der Waals surface area contributed by atoms with E-state index >= 15 is 0 Å². The molecular formula is C20H20N2O3. The van der Waals surface area contributed by atoms with Crippen molar-refractivity contribution in [2.45, 2.75) is 25.7 Å². The second kappa shape index (κ2) is 9.89. The number of anilines is 1. The average Bonchev–Trinajstić information content (AvgIpc) is 2.64. The first-order chi connectivity index (χ1) is 12.2. The molecule has 0 atom stereocenters. The van der Waals surface area contributed by atoms with Crippen molar-refractivity contribution in [1.29, 1.82) is 5.26 Å². The van der Waals surface area contributed by atoms with Gasteiger partial charge in [0.25, 0.3) is 0 Å². The number of nitrogens with zero attached hydrogens (tertiary/aromatic N) is 1. The summed E-state index contributed by atoms with van der Waals surface area (Å²) in [4.78, 5) is 23.5. The van der Waals surface area contributed by atoms with Crippen LogP contribution in [0.3, 0.4) is 0 Å². The molecule has 0 aromatic heterocycles. The molecular weight excluding hydrogens is 316 g/mol. The van der Waals surface area contributed by atoms with Crippen LogP contribution in [-0.4, -0.2) is 18.5 Å².